The Labute approximate surface area is 90.1 Å². The summed E-state index contributed by atoms with van der Waals surface area (Å²) in [5, 5.41) is 16.4. The molecule has 0 fully saturated rings. The molecule has 86 valence electrons. The summed E-state index contributed by atoms with van der Waals surface area (Å²) >= 11 is 0. The van der Waals surface area contributed by atoms with E-state index in [4.69, 9.17) is 9.84 Å². The van der Waals surface area contributed by atoms with E-state index in [0.29, 0.717) is 11.7 Å². The molecule has 0 saturated heterocycles. The van der Waals surface area contributed by atoms with Crippen LogP contribution in [0.2, 0.25) is 0 Å². The summed E-state index contributed by atoms with van der Waals surface area (Å²) in [5.74, 6) is 1.19. The second-order valence-corrected chi connectivity index (χ2v) is 3.92. The summed E-state index contributed by atoms with van der Waals surface area (Å²) < 4.78 is 7.30. The first-order chi connectivity index (χ1) is 7.24. The second kappa shape index (κ2) is 6.53. The van der Waals surface area contributed by atoms with Crippen LogP contribution in [-0.2, 0) is 17.9 Å². The third-order valence-electron chi connectivity index (χ3n) is 1.98. The van der Waals surface area contributed by atoms with Gasteiger partial charge in [-0.25, -0.2) is 0 Å². The van der Waals surface area contributed by atoms with Crippen LogP contribution in [0.1, 0.15) is 26.1 Å². The van der Waals surface area contributed by atoms with Crippen molar-refractivity contribution in [2.75, 3.05) is 13.2 Å². The smallest absolute Gasteiger partial charge is 0.158 e. The number of ether oxygens (including phenoxy) is 1. The van der Waals surface area contributed by atoms with Crippen molar-refractivity contribution in [3.8, 4) is 0 Å². The first-order valence-corrected chi connectivity index (χ1v) is 5.29. The maximum Gasteiger partial charge on any atom is 0.158 e. The van der Waals surface area contributed by atoms with E-state index >= 15 is 0 Å². The van der Waals surface area contributed by atoms with E-state index in [1.54, 1.807) is 6.33 Å². The normalized spacial score (nSPS) is 11.2. The highest BCUT2D eigenvalue weighted by atomic mass is 16.5. The molecule has 1 heterocycles. The molecular formula is C10H19N3O2. The van der Waals surface area contributed by atoms with Crippen molar-refractivity contribution >= 4 is 0 Å². The lowest BCUT2D eigenvalue weighted by molar-refractivity contribution is 0.105. The van der Waals surface area contributed by atoms with Gasteiger partial charge in [-0.3, -0.25) is 0 Å². The summed E-state index contributed by atoms with van der Waals surface area (Å²) in [6.07, 6.45) is 2.55. The lowest BCUT2D eigenvalue weighted by Gasteiger charge is -2.07. The zero-order chi connectivity index (χ0) is 11.1. The third kappa shape index (κ3) is 4.40. The standard InChI is InChI=1S/C10H19N3O2/c1-9(2)7-15-5-3-4-13-8-11-12-10(13)6-14/h8-9,14H,3-7H2,1-2H3. The number of aliphatic hydroxyl groups excluding tert-OH is 1. The minimum absolute atomic E-state index is 0.0626. The number of hydrogen-bond donors (Lipinski definition) is 1. The molecule has 5 heteroatoms. The minimum Gasteiger partial charge on any atom is -0.388 e. The van der Waals surface area contributed by atoms with Gasteiger partial charge in [0.05, 0.1) is 0 Å². The molecule has 0 aliphatic heterocycles. The van der Waals surface area contributed by atoms with E-state index in [1.165, 1.54) is 0 Å². The molecule has 15 heavy (non-hydrogen) atoms. The average molecular weight is 213 g/mol. The van der Waals surface area contributed by atoms with Gasteiger partial charge in [0.2, 0.25) is 0 Å². The number of nitrogens with zero attached hydrogens (tertiary/aromatic N) is 3. The summed E-state index contributed by atoms with van der Waals surface area (Å²) in [7, 11) is 0. The van der Waals surface area contributed by atoms with E-state index in [0.717, 1.165) is 26.2 Å². The van der Waals surface area contributed by atoms with Crippen molar-refractivity contribution in [3.05, 3.63) is 12.2 Å². The fourth-order valence-electron chi connectivity index (χ4n) is 1.24. The van der Waals surface area contributed by atoms with Crippen molar-refractivity contribution in [1.82, 2.24) is 14.8 Å². The van der Waals surface area contributed by atoms with E-state index in [2.05, 4.69) is 24.0 Å². The zero-order valence-corrected chi connectivity index (χ0v) is 9.39. The molecule has 1 aromatic heterocycles. The Bertz CT molecular complexity index is 273. The summed E-state index contributed by atoms with van der Waals surface area (Å²) in [4.78, 5) is 0. The number of aliphatic hydroxyl groups is 1. The molecule has 0 aromatic carbocycles. The lowest BCUT2D eigenvalue weighted by Crippen LogP contribution is -2.08. The Morgan fingerprint density at radius 3 is 3.00 bits per heavy atom. The van der Waals surface area contributed by atoms with Crippen LogP contribution in [0.25, 0.3) is 0 Å². The molecule has 0 aliphatic carbocycles. The van der Waals surface area contributed by atoms with Crippen LogP contribution >= 0.6 is 0 Å². The van der Waals surface area contributed by atoms with E-state index in [-0.39, 0.29) is 6.61 Å². The quantitative estimate of drug-likeness (QED) is 0.682. The Kier molecular flexibility index (Phi) is 5.28. The average Bonchev–Trinajstić information content (AvgIpc) is 2.64. The summed E-state index contributed by atoms with van der Waals surface area (Å²) in [6, 6.07) is 0. The van der Waals surface area contributed by atoms with Crippen LogP contribution in [-0.4, -0.2) is 33.1 Å². The van der Waals surface area contributed by atoms with Gasteiger partial charge in [-0.2, -0.15) is 0 Å². The minimum atomic E-state index is -0.0626. The van der Waals surface area contributed by atoms with Crippen LogP contribution in [0.5, 0.6) is 0 Å². The monoisotopic (exact) mass is 213 g/mol. The molecule has 1 rings (SSSR count). The highest BCUT2D eigenvalue weighted by Gasteiger charge is 2.01. The Morgan fingerprint density at radius 2 is 2.33 bits per heavy atom. The van der Waals surface area contributed by atoms with Gasteiger partial charge >= 0.3 is 0 Å². The molecule has 0 bridgehead atoms. The molecular weight excluding hydrogens is 194 g/mol. The first-order valence-electron chi connectivity index (χ1n) is 5.29. The van der Waals surface area contributed by atoms with Crippen LogP contribution in [0, 0.1) is 5.92 Å². The summed E-state index contributed by atoms with van der Waals surface area (Å²) in [5.41, 5.74) is 0. The van der Waals surface area contributed by atoms with Crippen molar-refractivity contribution in [3.63, 3.8) is 0 Å². The highest BCUT2D eigenvalue weighted by molar-refractivity contribution is 4.81. The van der Waals surface area contributed by atoms with Gasteiger partial charge in [-0.05, 0) is 12.3 Å². The molecule has 1 aromatic rings. The largest absolute Gasteiger partial charge is 0.388 e. The molecule has 1 N–H and O–H groups in total. The van der Waals surface area contributed by atoms with Gasteiger partial charge in [0.25, 0.3) is 0 Å². The Hall–Kier alpha value is -0.940. The van der Waals surface area contributed by atoms with Gasteiger partial charge in [0, 0.05) is 19.8 Å². The maximum atomic E-state index is 8.93. The fourth-order valence-corrected chi connectivity index (χ4v) is 1.24. The van der Waals surface area contributed by atoms with Gasteiger partial charge < -0.3 is 14.4 Å². The Balaban J connectivity index is 2.15. The molecule has 0 aliphatic rings. The zero-order valence-electron chi connectivity index (χ0n) is 9.39. The predicted molar refractivity (Wildman–Crippen MR) is 56.2 cm³/mol. The van der Waals surface area contributed by atoms with Gasteiger partial charge in [-0.1, -0.05) is 13.8 Å². The molecule has 5 nitrogen and oxygen atoms in total. The molecule has 0 spiro atoms. The second-order valence-electron chi connectivity index (χ2n) is 3.92. The first kappa shape index (κ1) is 12.1. The van der Waals surface area contributed by atoms with E-state index in [1.807, 2.05) is 4.57 Å². The predicted octanol–water partition coefficient (Wildman–Crippen LogP) is 0.833. The van der Waals surface area contributed by atoms with Crippen molar-refractivity contribution in [2.24, 2.45) is 5.92 Å². The number of aryl methyl sites for hydroxylation is 1. The van der Waals surface area contributed by atoms with E-state index in [9.17, 15) is 0 Å². The topological polar surface area (TPSA) is 60.2 Å². The van der Waals surface area contributed by atoms with Gasteiger partial charge in [0.1, 0.15) is 12.9 Å². The lowest BCUT2D eigenvalue weighted by atomic mass is 10.2. The van der Waals surface area contributed by atoms with Crippen molar-refractivity contribution < 1.29 is 9.84 Å². The number of rotatable bonds is 7. The van der Waals surface area contributed by atoms with Crippen LogP contribution in [0.15, 0.2) is 6.33 Å². The van der Waals surface area contributed by atoms with E-state index < -0.39 is 0 Å². The number of hydrogen-bond acceptors (Lipinski definition) is 4. The number of aromatic nitrogens is 3. The Morgan fingerprint density at radius 1 is 1.53 bits per heavy atom. The van der Waals surface area contributed by atoms with Gasteiger partial charge in [0.15, 0.2) is 5.82 Å². The molecule has 0 amide bonds. The van der Waals surface area contributed by atoms with Crippen molar-refractivity contribution in [1.29, 1.82) is 0 Å². The molecule has 0 unspecified atom stereocenters. The molecule has 0 radical (unpaired) electrons. The highest BCUT2D eigenvalue weighted by Crippen LogP contribution is 1.98. The fraction of sp³-hybridized carbons (Fsp3) is 0.800. The van der Waals surface area contributed by atoms with Gasteiger partial charge in [-0.15, -0.1) is 10.2 Å². The van der Waals surface area contributed by atoms with Crippen LogP contribution in [0.4, 0.5) is 0 Å². The van der Waals surface area contributed by atoms with Crippen molar-refractivity contribution in [2.45, 2.75) is 33.4 Å². The molecule has 0 saturated carbocycles. The maximum absolute atomic E-state index is 8.93. The third-order valence-corrected chi connectivity index (χ3v) is 1.98. The van der Waals surface area contributed by atoms with Crippen LogP contribution < -0.4 is 0 Å². The SMILES string of the molecule is CC(C)COCCCn1cnnc1CO. The summed E-state index contributed by atoms with van der Waals surface area (Å²) in [6.45, 7) is 6.53. The molecule has 0 atom stereocenters. The van der Waals surface area contributed by atoms with Crippen LogP contribution in [0.3, 0.4) is 0 Å².